The van der Waals surface area contributed by atoms with Gasteiger partial charge in [-0.1, -0.05) is 6.07 Å². The molecule has 0 unspecified atom stereocenters. The van der Waals surface area contributed by atoms with Gasteiger partial charge in [0.15, 0.2) is 0 Å². The van der Waals surface area contributed by atoms with E-state index in [-0.39, 0.29) is 5.56 Å². The lowest BCUT2D eigenvalue weighted by atomic mass is 10.2. The number of halogens is 1. The maximum atomic E-state index is 11.2. The number of hydrogen-bond donors (Lipinski definition) is 0. The minimum atomic E-state index is -0.0845. The molecule has 0 bridgehead atoms. The molecule has 0 saturated carbocycles. The van der Waals surface area contributed by atoms with E-state index in [1.807, 2.05) is 48.0 Å². The second-order valence-corrected chi connectivity index (χ2v) is 3.83. The summed E-state index contributed by atoms with van der Waals surface area (Å²) in [4.78, 5) is 15.3. The van der Waals surface area contributed by atoms with Gasteiger partial charge < -0.3 is 0 Å². The zero-order valence-corrected chi connectivity index (χ0v) is 9.15. The van der Waals surface area contributed by atoms with Crippen molar-refractivity contribution >= 4 is 33.9 Å². The van der Waals surface area contributed by atoms with Crippen LogP contribution in [-0.4, -0.2) is 7.76 Å². The van der Waals surface area contributed by atoms with Gasteiger partial charge in [0.1, 0.15) is 0 Å². The molecule has 0 fully saturated rings. The van der Waals surface area contributed by atoms with Gasteiger partial charge in [0.25, 0.3) is 5.56 Å². The minimum absolute atomic E-state index is 0.0845. The largest absolute Gasteiger partial charge is 0.278 e. The van der Waals surface area contributed by atoms with E-state index in [1.54, 1.807) is 2.78 Å². The molecule has 0 spiro atoms. The number of fused-ring (bicyclic) bond motifs is 1. The van der Waals surface area contributed by atoms with Crippen LogP contribution in [0.25, 0.3) is 11.0 Å². The van der Waals surface area contributed by atoms with E-state index in [9.17, 15) is 4.79 Å². The van der Waals surface area contributed by atoms with E-state index >= 15 is 0 Å². The van der Waals surface area contributed by atoms with Crippen molar-refractivity contribution in [2.75, 3.05) is 0 Å². The molecule has 13 heavy (non-hydrogen) atoms. The molecule has 0 saturated heterocycles. The molecular formula is C9H7IN2O. The van der Waals surface area contributed by atoms with Crippen molar-refractivity contribution in [3.63, 3.8) is 0 Å². The molecule has 1 heterocycles. The fraction of sp³-hybridized carbons (Fsp3) is 0.111. The summed E-state index contributed by atoms with van der Waals surface area (Å²) in [6.07, 6.45) is 1.34. The van der Waals surface area contributed by atoms with Crippen molar-refractivity contribution < 1.29 is 0 Å². The van der Waals surface area contributed by atoms with E-state index in [0.29, 0.717) is 0 Å². The van der Waals surface area contributed by atoms with Gasteiger partial charge in [0.2, 0.25) is 0 Å². The lowest BCUT2D eigenvalue weighted by Gasteiger charge is -2.01. The summed E-state index contributed by atoms with van der Waals surface area (Å²) >= 11 is 1.98. The van der Waals surface area contributed by atoms with E-state index in [0.717, 1.165) is 16.6 Å². The van der Waals surface area contributed by atoms with Gasteiger partial charge in [-0.2, -0.15) is 0 Å². The molecule has 0 atom stereocenters. The Labute approximate surface area is 88.9 Å². The molecule has 1 aromatic heterocycles. The second-order valence-electron chi connectivity index (χ2n) is 2.87. The number of benzene rings is 1. The monoisotopic (exact) mass is 286 g/mol. The zero-order valence-electron chi connectivity index (χ0n) is 6.99. The molecule has 4 heteroatoms. The molecule has 0 aliphatic rings. The summed E-state index contributed by atoms with van der Waals surface area (Å²) < 4.78 is 1.58. The highest BCUT2D eigenvalue weighted by Crippen LogP contribution is 2.12. The summed E-state index contributed by atoms with van der Waals surface area (Å²) in [6.45, 7) is 1.99. The molecule has 3 nitrogen and oxygen atoms in total. The molecule has 66 valence electrons. The van der Waals surface area contributed by atoms with Crippen LogP contribution in [0.4, 0.5) is 0 Å². The Morgan fingerprint density at radius 3 is 3.00 bits per heavy atom. The lowest BCUT2D eigenvalue weighted by molar-refractivity contribution is 1.19. The molecule has 0 N–H and O–H groups in total. The molecular weight excluding hydrogens is 279 g/mol. The summed E-state index contributed by atoms with van der Waals surface area (Å²) in [7, 11) is 0. The third kappa shape index (κ3) is 1.46. The summed E-state index contributed by atoms with van der Waals surface area (Å²) in [6, 6.07) is 5.85. The van der Waals surface area contributed by atoms with Crippen LogP contribution in [0.15, 0.2) is 29.2 Å². The number of hydrogen-bond acceptors (Lipinski definition) is 2. The highest BCUT2D eigenvalue weighted by molar-refractivity contribution is 14.1. The van der Waals surface area contributed by atoms with Crippen LogP contribution in [0, 0.1) is 6.92 Å². The number of aryl methyl sites for hydroxylation is 1. The van der Waals surface area contributed by atoms with Crippen LogP contribution < -0.4 is 5.56 Å². The van der Waals surface area contributed by atoms with Gasteiger partial charge in [-0.15, -0.1) is 0 Å². The van der Waals surface area contributed by atoms with E-state index in [2.05, 4.69) is 4.98 Å². The van der Waals surface area contributed by atoms with E-state index in [1.165, 1.54) is 6.20 Å². The molecule has 0 aliphatic heterocycles. The van der Waals surface area contributed by atoms with Crippen molar-refractivity contribution in [1.82, 2.24) is 7.76 Å². The molecule has 1 aromatic carbocycles. The first-order valence-electron chi connectivity index (χ1n) is 3.83. The van der Waals surface area contributed by atoms with Gasteiger partial charge in [0, 0.05) is 0 Å². The van der Waals surface area contributed by atoms with Crippen molar-refractivity contribution in [2.24, 2.45) is 0 Å². The summed E-state index contributed by atoms with van der Waals surface area (Å²) in [5, 5.41) is 0. The SMILES string of the molecule is Cc1ccc2ncc(=O)n(I)c2c1. The molecule has 2 rings (SSSR count). The predicted molar refractivity (Wildman–Crippen MR) is 60.2 cm³/mol. The minimum Gasteiger partial charge on any atom is -0.267 e. The van der Waals surface area contributed by atoms with Crippen LogP contribution in [0.1, 0.15) is 5.56 Å². The lowest BCUT2D eigenvalue weighted by Crippen LogP contribution is -2.11. The van der Waals surface area contributed by atoms with E-state index < -0.39 is 0 Å². The van der Waals surface area contributed by atoms with Crippen LogP contribution in [-0.2, 0) is 0 Å². The Kier molecular flexibility index (Phi) is 2.07. The Morgan fingerprint density at radius 2 is 2.23 bits per heavy atom. The average Bonchev–Trinajstić information content (AvgIpc) is 2.12. The maximum absolute atomic E-state index is 11.2. The molecule has 2 aromatic rings. The Bertz CT molecular complexity index is 518. The summed E-state index contributed by atoms with van der Waals surface area (Å²) in [5.74, 6) is 0. The fourth-order valence-corrected chi connectivity index (χ4v) is 1.71. The number of aromatic nitrogens is 2. The average molecular weight is 286 g/mol. The van der Waals surface area contributed by atoms with Gasteiger partial charge >= 0.3 is 0 Å². The van der Waals surface area contributed by atoms with Crippen LogP contribution in [0.3, 0.4) is 0 Å². The third-order valence-electron chi connectivity index (χ3n) is 1.85. The zero-order chi connectivity index (χ0) is 9.42. The van der Waals surface area contributed by atoms with Crippen LogP contribution in [0.5, 0.6) is 0 Å². The van der Waals surface area contributed by atoms with E-state index in [4.69, 9.17) is 0 Å². The van der Waals surface area contributed by atoms with Crippen molar-refractivity contribution in [3.05, 3.63) is 40.3 Å². The molecule has 0 radical (unpaired) electrons. The molecule has 0 amide bonds. The van der Waals surface area contributed by atoms with Crippen molar-refractivity contribution in [3.8, 4) is 0 Å². The first kappa shape index (κ1) is 8.68. The second kappa shape index (κ2) is 3.10. The van der Waals surface area contributed by atoms with Gasteiger partial charge in [0.05, 0.1) is 40.1 Å². The van der Waals surface area contributed by atoms with Gasteiger partial charge in [-0.25, -0.2) is 7.76 Å². The Morgan fingerprint density at radius 1 is 1.46 bits per heavy atom. The van der Waals surface area contributed by atoms with Crippen LogP contribution in [0.2, 0.25) is 0 Å². The highest BCUT2D eigenvalue weighted by Gasteiger charge is 2.00. The Balaban J connectivity index is 2.97. The quantitative estimate of drug-likeness (QED) is 0.693. The molecule has 0 aliphatic carbocycles. The van der Waals surface area contributed by atoms with Crippen LogP contribution >= 0.6 is 22.9 Å². The third-order valence-corrected chi connectivity index (χ3v) is 2.85. The van der Waals surface area contributed by atoms with Crippen molar-refractivity contribution in [2.45, 2.75) is 6.92 Å². The number of nitrogens with zero attached hydrogens (tertiary/aromatic N) is 2. The topological polar surface area (TPSA) is 34.9 Å². The Hall–Kier alpha value is -0.910. The van der Waals surface area contributed by atoms with Gasteiger partial charge in [-0.05, 0) is 24.6 Å². The first-order chi connectivity index (χ1) is 6.18. The summed E-state index contributed by atoms with van der Waals surface area (Å²) in [5.41, 5.74) is 2.76. The highest BCUT2D eigenvalue weighted by atomic mass is 127. The maximum Gasteiger partial charge on any atom is 0.278 e. The van der Waals surface area contributed by atoms with Gasteiger partial charge in [-0.3, -0.25) is 4.79 Å². The first-order valence-corrected chi connectivity index (χ1v) is 4.79. The van der Waals surface area contributed by atoms with Crippen molar-refractivity contribution in [1.29, 1.82) is 0 Å². The normalized spacial score (nSPS) is 10.6. The smallest absolute Gasteiger partial charge is 0.267 e. The predicted octanol–water partition coefficient (Wildman–Crippen LogP) is 1.90. The fourth-order valence-electron chi connectivity index (χ4n) is 1.19. The number of rotatable bonds is 0. The standard InChI is InChI=1S/C9H7IN2O/c1-6-2-3-7-8(4-6)12(10)9(13)5-11-7/h2-5H,1H3.